The van der Waals surface area contributed by atoms with Gasteiger partial charge in [-0.15, -0.1) is 0 Å². The largest absolute Gasteiger partial charge is 0.289 e. The van der Waals surface area contributed by atoms with E-state index in [0.29, 0.717) is 0 Å². The SMILES string of the molecule is CC.O=[N+]([O-])c1ccccc1S(=O)(=O)Cl. The van der Waals surface area contributed by atoms with Gasteiger partial charge in [-0.3, -0.25) is 10.1 Å². The predicted octanol–water partition coefficient (Wildman–Crippen LogP) is 2.55. The van der Waals surface area contributed by atoms with Crippen molar-refractivity contribution in [2.45, 2.75) is 18.7 Å². The molecule has 0 unspecified atom stereocenters. The van der Waals surface area contributed by atoms with Crippen LogP contribution in [0.2, 0.25) is 0 Å². The van der Waals surface area contributed by atoms with Gasteiger partial charge >= 0.3 is 0 Å². The molecule has 0 amide bonds. The van der Waals surface area contributed by atoms with E-state index < -0.39 is 24.6 Å². The van der Waals surface area contributed by atoms with Gasteiger partial charge in [0, 0.05) is 16.7 Å². The fraction of sp³-hybridized carbons (Fsp3) is 0.250. The lowest BCUT2D eigenvalue weighted by Gasteiger charge is -1.96. The molecule has 0 N–H and O–H groups in total. The Hall–Kier alpha value is -1.14. The van der Waals surface area contributed by atoms with Gasteiger partial charge in [-0.25, -0.2) is 8.42 Å². The summed E-state index contributed by atoms with van der Waals surface area (Å²) in [7, 11) is 0.928. The molecule has 15 heavy (non-hydrogen) atoms. The molecule has 5 nitrogen and oxygen atoms in total. The smallest absolute Gasteiger partial charge is 0.258 e. The molecule has 0 bridgehead atoms. The fourth-order valence-corrected chi connectivity index (χ4v) is 1.84. The molecule has 0 aliphatic rings. The van der Waals surface area contributed by atoms with Crippen LogP contribution in [-0.4, -0.2) is 13.3 Å². The van der Waals surface area contributed by atoms with Gasteiger partial charge in [-0.1, -0.05) is 26.0 Å². The van der Waals surface area contributed by atoms with Crippen LogP contribution in [0.3, 0.4) is 0 Å². The molecule has 84 valence electrons. The van der Waals surface area contributed by atoms with Crippen LogP contribution in [-0.2, 0) is 9.05 Å². The van der Waals surface area contributed by atoms with Gasteiger partial charge in [0.05, 0.1) is 4.92 Å². The molecule has 0 heterocycles. The Balaban J connectivity index is 0.000000921. The number of nitrogens with zero attached hydrogens (tertiary/aromatic N) is 1. The summed E-state index contributed by atoms with van der Waals surface area (Å²) < 4.78 is 21.6. The maximum Gasteiger partial charge on any atom is 0.289 e. The second kappa shape index (κ2) is 5.67. The van der Waals surface area contributed by atoms with Crippen LogP contribution in [0.1, 0.15) is 13.8 Å². The topological polar surface area (TPSA) is 77.3 Å². The molecule has 1 aromatic carbocycles. The highest BCUT2D eigenvalue weighted by Crippen LogP contribution is 2.25. The predicted molar refractivity (Wildman–Crippen MR) is 57.5 cm³/mol. The first-order valence-corrected chi connectivity index (χ1v) is 6.42. The Morgan fingerprint density at radius 2 is 1.73 bits per heavy atom. The Morgan fingerprint density at radius 3 is 2.07 bits per heavy atom. The second-order valence-electron chi connectivity index (χ2n) is 2.16. The molecule has 0 radical (unpaired) electrons. The Kier molecular flexibility index (Phi) is 5.24. The van der Waals surface area contributed by atoms with Gasteiger partial charge in [0.2, 0.25) is 0 Å². The number of nitro benzene ring substituents is 1. The molecule has 7 heteroatoms. The Labute approximate surface area is 92.3 Å². The highest BCUT2D eigenvalue weighted by atomic mass is 35.7. The molecule has 1 rings (SSSR count). The second-order valence-corrected chi connectivity index (χ2v) is 4.70. The zero-order chi connectivity index (χ0) is 12.1. The average molecular weight is 252 g/mol. The van der Waals surface area contributed by atoms with E-state index in [1.807, 2.05) is 13.8 Å². The molecule has 1 aromatic rings. The van der Waals surface area contributed by atoms with E-state index in [-0.39, 0.29) is 0 Å². The summed E-state index contributed by atoms with van der Waals surface area (Å²) >= 11 is 0. The number of hydrogen-bond donors (Lipinski definition) is 0. The van der Waals surface area contributed by atoms with E-state index in [0.717, 1.165) is 12.1 Å². The van der Waals surface area contributed by atoms with Gasteiger partial charge in [0.15, 0.2) is 4.90 Å². The Morgan fingerprint density at radius 1 is 1.27 bits per heavy atom. The molecule has 0 spiro atoms. The monoisotopic (exact) mass is 251 g/mol. The summed E-state index contributed by atoms with van der Waals surface area (Å²) in [5.41, 5.74) is -0.516. The van der Waals surface area contributed by atoms with Gasteiger partial charge in [0.25, 0.3) is 14.7 Å². The number of para-hydroxylation sites is 1. The van der Waals surface area contributed by atoms with Crippen molar-refractivity contribution in [3.63, 3.8) is 0 Å². The zero-order valence-electron chi connectivity index (χ0n) is 8.18. The molecule has 0 aromatic heterocycles. The molecule has 0 aliphatic carbocycles. The minimum atomic E-state index is -4.05. The lowest BCUT2D eigenvalue weighted by molar-refractivity contribution is -0.387. The molecule has 0 atom stereocenters. The maximum absolute atomic E-state index is 10.8. The number of nitro groups is 1. The van der Waals surface area contributed by atoms with E-state index in [2.05, 4.69) is 0 Å². The average Bonchev–Trinajstić information content (AvgIpc) is 2.19. The van der Waals surface area contributed by atoms with Crippen molar-refractivity contribution in [3.05, 3.63) is 34.4 Å². The van der Waals surface area contributed by atoms with Gasteiger partial charge in [0.1, 0.15) is 0 Å². The van der Waals surface area contributed by atoms with Crippen LogP contribution >= 0.6 is 10.7 Å². The first-order valence-electron chi connectivity index (χ1n) is 4.11. The van der Waals surface area contributed by atoms with Crippen LogP contribution in [0.4, 0.5) is 5.69 Å². The summed E-state index contributed by atoms with van der Waals surface area (Å²) in [5, 5.41) is 10.4. The van der Waals surface area contributed by atoms with Gasteiger partial charge < -0.3 is 0 Å². The van der Waals surface area contributed by atoms with Crippen LogP contribution in [0.25, 0.3) is 0 Å². The minimum Gasteiger partial charge on any atom is -0.258 e. The number of rotatable bonds is 2. The summed E-state index contributed by atoms with van der Waals surface area (Å²) in [4.78, 5) is 9.07. The molecule has 0 aliphatic heterocycles. The molecule has 0 fully saturated rings. The first-order chi connectivity index (χ1) is 6.93. The fourth-order valence-electron chi connectivity index (χ4n) is 0.814. The third-order valence-electron chi connectivity index (χ3n) is 1.32. The molecular formula is C8H10ClNO4S. The number of hydrogen-bond acceptors (Lipinski definition) is 4. The summed E-state index contributed by atoms with van der Waals surface area (Å²) in [6, 6.07) is 4.89. The van der Waals surface area contributed by atoms with Crippen molar-refractivity contribution in [1.29, 1.82) is 0 Å². The lowest BCUT2D eigenvalue weighted by atomic mass is 10.3. The van der Waals surface area contributed by atoms with E-state index in [4.69, 9.17) is 10.7 Å². The van der Waals surface area contributed by atoms with E-state index in [9.17, 15) is 18.5 Å². The van der Waals surface area contributed by atoms with Crippen LogP contribution in [0, 0.1) is 10.1 Å². The zero-order valence-corrected chi connectivity index (χ0v) is 9.75. The third kappa shape index (κ3) is 3.85. The molecule has 0 saturated carbocycles. The number of halogens is 1. The van der Waals surface area contributed by atoms with Crippen molar-refractivity contribution in [1.82, 2.24) is 0 Å². The molecule has 0 saturated heterocycles. The molecular weight excluding hydrogens is 242 g/mol. The quantitative estimate of drug-likeness (QED) is 0.460. The van der Waals surface area contributed by atoms with Crippen molar-refractivity contribution in [2.75, 3.05) is 0 Å². The van der Waals surface area contributed by atoms with E-state index >= 15 is 0 Å². The van der Waals surface area contributed by atoms with Crippen LogP contribution < -0.4 is 0 Å². The first kappa shape index (κ1) is 13.9. The van der Waals surface area contributed by atoms with Crippen molar-refractivity contribution < 1.29 is 13.3 Å². The normalized spacial score (nSPS) is 10.1. The van der Waals surface area contributed by atoms with E-state index in [1.54, 1.807) is 0 Å². The van der Waals surface area contributed by atoms with Crippen molar-refractivity contribution in [3.8, 4) is 0 Å². The van der Waals surface area contributed by atoms with Crippen LogP contribution in [0.5, 0.6) is 0 Å². The Bertz CT molecular complexity index is 444. The minimum absolute atomic E-state index is 0.485. The van der Waals surface area contributed by atoms with E-state index in [1.165, 1.54) is 12.1 Å². The maximum atomic E-state index is 10.8. The van der Waals surface area contributed by atoms with Crippen molar-refractivity contribution in [2.24, 2.45) is 0 Å². The highest BCUT2D eigenvalue weighted by molar-refractivity contribution is 8.13. The summed E-state index contributed by atoms with van der Waals surface area (Å²) in [5.74, 6) is 0. The standard InChI is InChI=1S/C6H4ClNO4S.C2H6/c7-13(11,12)6-4-2-1-3-5(6)8(9)10;1-2/h1-4H;1-2H3. The van der Waals surface area contributed by atoms with Crippen molar-refractivity contribution >= 4 is 25.4 Å². The van der Waals surface area contributed by atoms with Gasteiger partial charge in [-0.2, -0.15) is 0 Å². The summed E-state index contributed by atoms with van der Waals surface area (Å²) in [6.45, 7) is 4.00. The lowest BCUT2D eigenvalue weighted by Crippen LogP contribution is -1.97. The number of benzene rings is 1. The summed E-state index contributed by atoms with van der Waals surface area (Å²) in [6.07, 6.45) is 0. The van der Waals surface area contributed by atoms with Crippen LogP contribution in [0.15, 0.2) is 29.2 Å². The highest BCUT2D eigenvalue weighted by Gasteiger charge is 2.22. The third-order valence-corrected chi connectivity index (χ3v) is 2.69. The van der Waals surface area contributed by atoms with Gasteiger partial charge in [-0.05, 0) is 6.07 Å².